The highest BCUT2D eigenvalue weighted by molar-refractivity contribution is 7.98. The van der Waals surface area contributed by atoms with Gasteiger partial charge in [0.25, 0.3) is 0 Å². The third-order valence-corrected chi connectivity index (χ3v) is 3.06. The molecule has 0 aliphatic rings. The molecule has 0 spiro atoms. The molecule has 16 heavy (non-hydrogen) atoms. The van der Waals surface area contributed by atoms with Crippen LogP contribution < -0.4 is 5.32 Å². The Morgan fingerprint density at radius 3 is 2.50 bits per heavy atom. The van der Waals surface area contributed by atoms with Crippen molar-refractivity contribution < 1.29 is 9.47 Å². The molecule has 0 saturated carbocycles. The summed E-state index contributed by atoms with van der Waals surface area (Å²) in [6.45, 7) is 2.03. The van der Waals surface area contributed by atoms with E-state index in [-0.39, 0.29) is 12.3 Å². The number of nitrogens with one attached hydrogen (secondary N) is 1. The van der Waals surface area contributed by atoms with E-state index in [2.05, 4.69) is 23.7 Å². The van der Waals surface area contributed by atoms with Crippen LogP contribution in [0.3, 0.4) is 0 Å². The van der Waals surface area contributed by atoms with Crippen molar-refractivity contribution >= 4 is 17.4 Å². The molecule has 0 radical (unpaired) electrons. The molecule has 0 heterocycles. The van der Waals surface area contributed by atoms with E-state index in [9.17, 15) is 0 Å². The van der Waals surface area contributed by atoms with Crippen LogP contribution >= 0.6 is 11.8 Å². The molecular formula is C12H19NO2S. The van der Waals surface area contributed by atoms with Gasteiger partial charge in [0.05, 0.1) is 6.04 Å². The molecule has 1 rings (SSSR count). The van der Waals surface area contributed by atoms with Crippen molar-refractivity contribution in [1.29, 1.82) is 0 Å². The van der Waals surface area contributed by atoms with Gasteiger partial charge < -0.3 is 14.8 Å². The Hall–Kier alpha value is -0.710. The molecule has 1 aromatic carbocycles. The fraction of sp³-hybridized carbons (Fsp3) is 0.500. The molecule has 0 amide bonds. The minimum atomic E-state index is -0.238. The van der Waals surface area contributed by atoms with Crippen LogP contribution in [0.5, 0.6) is 0 Å². The van der Waals surface area contributed by atoms with Gasteiger partial charge in [-0.05, 0) is 31.4 Å². The topological polar surface area (TPSA) is 30.5 Å². The maximum atomic E-state index is 5.20. The third-order valence-electron chi connectivity index (χ3n) is 2.34. The summed E-state index contributed by atoms with van der Waals surface area (Å²) >= 11 is 1.73. The molecule has 0 aliphatic carbocycles. The third kappa shape index (κ3) is 3.70. The largest absolute Gasteiger partial charge is 0.377 e. The molecule has 0 unspecified atom stereocenters. The Bertz CT molecular complexity index is 316. The lowest BCUT2D eigenvalue weighted by molar-refractivity contribution is -0.109. The maximum absolute atomic E-state index is 5.20. The predicted octanol–water partition coefficient (Wildman–Crippen LogP) is 2.83. The van der Waals surface area contributed by atoms with E-state index in [1.54, 1.807) is 26.0 Å². The van der Waals surface area contributed by atoms with Crippen LogP contribution in [0.2, 0.25) is 0 Å². The van der Waals surface area contributed by atoms with E-state index >= 15 is 0 Å². The summed E-state index contributed by atoms with van der Waals surface area (Å²) in [7, 11) is 3.29. The SMILES string of the molecule is COC(OC)[C@H](C)Nc1cccc(SC)c1. The van der Waals surface area contributed by atoms with Gasteiger partial charge in [0.2, 0.25) is 0 Å². The number of rotatable bonds is 6. The second kappa shape index (κ2) is 6.78. The summed E-state index contributed by atoms with van der Waals surface area (Å²) in [6, 6.07) is 8.38. The number of hydrogen-bond acceptors (Lipinski definition) is 4. The van der Waals surface area contributed by atoms with Crippen LogP contribution in [0.15, 0.2) is 29.2 Å². The molecule has 4 heteroatoms. The van der Waals surface area contributed by atoms with Gasteiger partial charge in [-0.2, -0.15) is 0 Å². The van der Waals surface area contributed by atoms with E-state index in [0.29, 0.717) is 0 Å². The first-order valence-electron chi connectivity index (χ1n) is 5.17. The molecule has 0 bridgehead atoms. The number of thioether (sulfide) groups is 1. The van der Waals surface area contributed by atoms with Crippen molar-refractivity contribution in [2.75, 3.05) is 25.8 Å². The zero-order chi connectivity index (χ0) is 12.0. The fourth-order valence-electron chi connectivity index (χ4n) is 1.55. The minimum Gasteiger partial charge on any atom is -0.377 e. The first-order chi connectivity index (χ1) is 7.71. The van der Waals surface area contributed by atoms with Crippen molar-refractivity contribution in [3.8, 4) is 0 Å². The van der Waals surface area contributed by atoms with Gasteiger partial charge in [-0.25, -0.2) is 0 Å². The van der Waals surface area contributed by atoms with Gasteiger partial charge in [-0.15, -0.1) is 11.8 Å². The van der Waals surface area contributed by atoms with Gasteiger partial charge >= 0.3 is 0 Å². The smallest absolute Gasteiger partial charge is 0.176 e. The Morgan fingerprint density at radius 2 is 1.94 bits per heavy atom. The average Bonchev–Trinajstić information content (AvgIpc) is 2.31. The van der Waals surface area contributed by atoms with Gasteiger partial charge in [0, 0.05) is 24.8 Å². The number of hydrogen-bond donors (Lipinski definition) is 1. The molecule has 1 aromatic rings. The molecule has 0 aliphatic heterocycles. The van der Waals surface area contributed by atoms with Gasteiger partial charge in [0.15, 0.2) is 6.29 Å². The molecule has 1 N–H and O–H groups in total. The molecule has 3 nitrogen and oxygen atoms in total. The quantitative estimate of drug-likeness (QED) is 0.613. The number of methoxy groups -OCH3 is 2. The van der Waals surface area contributed by atoms with Crippen LogP contribution in [0.25, 0.3) is 0 Å². The van der Waals surface area contributed by atoms with Crippen molar-refractivity contribution in [3.63, 3.8) is 0 Å². The summed E-state index contributed by atoms with van der Waals surface area (Å²) in [5.74, 6) is 0. The standard InChI is InChI=1S/C12H19NO2S/c1-9(12(14-2)15-3)13-10-6-5-7-11(8-10)16-4/h5-9,12-13H,1-4H3/t9-/m0/s1. The fourth-order valence-corrected chi connectivity index (χ4v) is 2.01. The Kier molecular flexibility index (Phi) is 5.66. The Morgan fingerprint density at radius 1 is 1.25 bits per heavy atom. The molecule has 1 atom stereocenters. The Labute approximate surface area is 102 Å². The second-order valence-corrected chi connectivity index (χ2v) is 4.38. The lowest BCUT2D eigenvalue weighted by Gasteiger charge is -2.23. The molecular weight excluding hydrogens is 222 g/mol. The van der Waals surface area contributed by atoms with Gasteiger partial charge in [-0.1, -0.05) is 6.07 Å². The molecule has 0 aromatic heterocycles. The first kappa shape index (κ1) is 13.4. The van der Waals surface area contributed by atoms with E-state index in [0.717, 1.165) is 5.69 Å². The van der Waals surface area contributed by atoms with Crippen molar-refractivity contribution in [2.24, 2.45) is 0 Å². The lowest BCUT2D eigenvalue weighted by atomic mass is 10.2. The predicted molar refractivity (Wildman–Crippen MR) is 69.1 cm³/mol. The van der Waals surface area contributed by atoms with E-state index in [1.165, 1.54) is 4.90 Å². The van der Waals surface area contributed by atoms with E-state index in [1.807, 2.05) is 19.1 Å². The Balaban J connectivity index is 2.64. The highest BCUT2D eigenvalue weighted by Crippen LogP contribution is 2.20. The second-order valence-electron chi connectivity index (χ2n) is 3.50. The monoisotopic (exact) mass is 241 g/mol. The number of benzene rings is 1. The zero-order valence-corrected chi connectivity index (χ0v) is 11.0. The van der Waals surface area contributed by atoms with Crippen LogP contribution in [0, 0.1) is 0 Å². The normalized spacial score (nSPS) is 12.8. The molecule has 0 fully saturated rings. The van der Waals surface area contributed by atoms with Crippen LogP contribution in [-0.4, -0.2) is 32.8 Å². The maximum Gasteiger partial charge on any atom is 0.176 e. The first-order valence-corrected chi connectivity index (χ1v) is 6.40. The molecule has 0 saturated heterocycles. The average molecular weight is 241 g/mol. The summed E-state index contributed by atoms with van der Waals surface area (Å²) in [4.78, 5) is 1.24. The zero-order valence-electron chi connectivity index (χ0n) is 10.2. The summed E-state index contributed by atoms with van der Waals surface area (Å²) in [5.41, 5.74) is 1.08. The highest BCUT2D eigenvalue weighted by Gasteiger charge is 2.15. The highest BCUT2D eigenvalue weighted by atomic mass is 32.2. The van der Waals surface area contributed by atoms with E-state index in [4.69, 9.17) is 9.47 Å². The van der Waals surface area contributed by atoms with Gasteiger partial charge in [0.1, 0.15) is 0 Å². The van der Waals surface area contributed by atoms with E-state index < -0.39 is 0 Å². The minimum absolute atomic E-state index is 0.104. The number of ether oxygens (including phenoxy) is 2. The molecule has 90 valence electrons. The van der Waals surface area contributed by atoms with Crippen LogP contribution in [0.4, 0.5) is 5.69 Å². The van der Waals surface area contributed by atoms with Gasteiger partial charge in [-0.3, -0.25) is 0 Å². The van der Waals surface area contributed by atoms with Crippen molar-refractivity contribution in [1.82, 2.24) is 0 Å². The van der Waals surface area contributed by atoms with Crippen LogP contribution in [0.1, 0.15) is 6.92 Å². The van der Waals surface area contributed by atoms with Crippen molar-refractivity contribution in [2.45, 2.75) is 24.2 Å². The summed E-state index contributed by atoms with van der Waals surface area (Å²) < 4.78 is 10.4. The summed E-state index contributed by atoms with van der Waals surface area (Å²) in [6.07, 6.45) is 1.83. The lowest BCUT2D eigenvalue weighted by Crippen LogP contribution is -2.33. The van der Waals surface area contributed by atoms with Crippen molar-refractivity contribution in [3.05, 3.63) is 24.3 Å². The van der Waals surface area contributed by atoms with Crippen LogP contribution in [-0.2, 0) is 9.47 Å². The summed E-state index contributed by atoms with van der Waals surface area (Å²) in [5, 5.41) is 3.36. The number of anilines is 1.